The molecular weight excluding hydrogens is 334 g/mol. The van der Waals surface area contributed by atoms with Crippen LogP contribution < -0.4 is 5.32 Å². The van der Waals surface area contributed by atoms with Gasteiger partial charge in [0.2, 0.25) is 11.8 Å². The van der Waals surface area contributed by atoms with Gasteiger partial charge in [-0.25, -0.2) is 4.79 Å². The Kier molecular flexibility index (Phi) is 5.27. The quantitative estimate of drug-likeness (QED) is 0.634. The molecule has 1 aromatic carbocycles. The van der Waals surface area contributed by atoms with Crippen LogP contribution in [0, 0.1) is 5.41 Å². The monoisotopic (exact) mass is 359 g/mol. The van der Waals surface area contributed by atoms with Gasteiger partial charge in [-0.15, -0.1) is 0 Å². The zero-order chi connectivity index (χ0) is 18.7. The second-order valence-electron chi connectivity index (χ2n) is 6.93. The summed E-state index contributed by atoms with van der Waals surface area (Å²) in [5.41, 5.74) is 0.0791. The van der Waals surface area contributed by atoms with Crippen LogP contribution in [0.3, 0.4) is 0 Å². The van der Waals surface area contributed by atoms with Crippen molar-refractivity contribution in [3.63, 3.8) is 0 Å². The number of ether oxygens (including phenoxy) is 1. The number of esters is 1. The molecule has 7 nitrogen and oxygen atoms in total. The van der Waals surface area contributed by atoms with Crippen LogP contribution in [0.4, 0.5) is 5.69 Å². The van der Waals surface area contributed by atoms with Gasteiger partial charge in [-0.2, -0.15) is 0 Å². The summed E-state index contributed by atoms with van der Waals surface area (Å²) in [6.45, 7) is 5.06. The van der Waals surface area contributed by atoms with Gasteiger partial charge < -0.3 is 19.9 Å². The number of carbonyl (C=O) groups is 3. The summed E-state index contributed by atoms with van der Waals surface area (Å²) in [5.74, 6) is -0.717. The summed E-state index contributed by atoms with van der Waals surface area (Å²) in [6.07, 6.45) is 1.18. The number of carbonyl (C=O) groups excluding carboxylic acids is 3. The molecule has 0 bridgehead atoms. The van der Waals surface area contributed by atoms with Gasteiger partial charge in [0.1, 0.15) is 5.41 Å². The summed E-state index contributed by atoms with van der Waals surface area (Å²) in [5, 5.41) is 2.82. The molecule has 1 aromatic rings. The molecule has 0 radical (unpaired) electrons. The highest BCUT2D eigenvalue weighted by atomic mass is 16.5. The number of nitrogens with one attached hydrogen (secondary N) is 1. The molecule has 2 aliphatic rings. The van der Waals surface area contributed by atoms with Crippen molar-refractivity contribution in [2.75, 3.05) is 45.2 Å². The Labute approximate surface area is 153 Å². The predicted molar refractivity (Wildman–Crippen MR) is 96.8 cm³/mol. The number of nitrogens with zero attached hydrogens (tertiary/aromatic N) is 2. The molecule has 7 heteroatoms. The van der Waals surface area contributed by atoms with Crippen LogP contribution >= 0.6 is 0 Å². The Morgan fingerprint density at radius 3 is 2.23 bits per heavy atom. The maximum absolute atomic E-state index is 12.8. The number of hydrogen-bond donors (Lipinski definition) is 1. The lowest BCUT2D eigenvalue weighted by molar-refractivity contribution is -0.143. The summed E-state index contributed by atoms with van der Waals surface area (Å²) >= 11 is 0. The fraction of sp³-hybridized carbons (Fsp3) is 0.526. The van der Waals surface area contributed by atoms with Gasteiger partial charge in [-0.3, -0.25) is 9.59 Å². The van der Waals surface area contributed by atoms with E-state index in [0.29, 0.717) is 43.8 Å². The lowest BCUT2D eigenvalue weighted by Crippen LogP contribution is -2.51. The van der Waals surface area contributed by atoms with Crippen LogP contribution in [0.25, 0.3) is 0 Å². The minimum atomic E-state index is -0.921. The van der Waals surface area contributed by atoms with Crippen molar-refractivity contribution < 1.29 is 19.1 Å². The molecule has 1 N–H and O–H groups in total. The fourth-order valence-corrected chi connectivity index (χ4v) is 3.13. The predicted octanol–water partition coefficient (Wildman–Crippen LogP) is 1.36. The number of benzene rings is 1. The fourth-order valence-electron chi connectivity index (χ4n) is 3.13. The molecule has 26 heavy (non-hydrogen) atoms. The number of likely N-dealkylation sites (N-methyl/N-ethyl adjacent to an activating group) is 1. The molecule has 0 aromatic heterocycles. The third-order valence-electron chi connectivity index (χ3n) is 5.04. The van der Waals surface area contributed by atoms with E-state index in [2.05, 4.69) is 10.2 Å². The second-order valence-corrected chi connectivity index (χ2v) is 6.93. The first-order chi connectivity index (χ1) is 12.5. The van der Waals surface area contributed by atoms with Crippen molar-refractivity contribution in [1.29, 1.82) is 0 Å². The number of rotatable bonds is 5. The van der Waals surface area contributed by atoms with Crippen LogP contribution in [0.1, 0.15) is 30.1 Å². The molecule has 0 unspecified atom stereocenters. The van der Waals surface area contributed by atoms with Crippen LogP contribution in [-0.2, 0) is 14.3 Å². The average Bonchev–Trinajstić information content (AvgIpc) is 3.44. The Hall–Kier alpha value is -2.41. The Balaban J connectivity index is 1.62. The van der Waals surface area contributed by atoms with Crippen molar-refractivity contribution in [3.05, 3.63) is 29.8 Å². The lowest BCUT2D eigenvalue weighted by Gasteiger charge is -2.34. The molecule has 2 fully saturated rings. The van der Waals surface area contributed by atoms with E-state index in [4.69, 9.17) is 4.74 Å². The SMILES string of the molecule is CCOC(=O)c1ccc(NC(=O)C2(C(=O)N3CCN(C)CC3)CC2)cc1. The van der Waals surface area contributed by atoms with E-state index in [9.17, 15) is 14.4 Å². The smallest absolute Gasteiger partial charge is 0.338 e. The summed E-state index contributed by atoms with van der Waals surface area (Å²) in [4.78, 5) is 41.2. The normalized spacial score (nSPS) is 18.9. The molecular formula is C19H25N3O4. The van der Waals surface area contributed by atoms with E-state index in [0.717, 1.165) is 13.1 Å². The van der Waals surface area contributed by atoms with Gasteiger partial charge in [0.15, 0.2) is 0 Å². The zero-order valence-electron chi connectivity index (χ0n) is 15.3. The molecule has 1 aliphatic carbocycles. The standard InChI is InChI=1S/C19H25N3O4/c1-3-26-16(23)14-4-6-15(7-5-14)20-17(24)19(8-9-19)18(25)22-12-10-21(2)11-13-22/h4-7H,3,8-13H2,1-2H3,(H,20,24). The van der Waals surface area contributed by atoms with Crippen molar-refractivity contribution in [3.8, 4) is 0 Å². The van der Waals surface area contributed by atoms with Gasteiger partial charge in [0.25, 0.3) is 0 Å². The van der Waals surface area contributed by atoms with E-state index < -0.39 is 11.4 Å². The van der Waals surface area contributed by atoms with E-state index >= 15 is 0 Å². The number of amides is 2. The van der Waals surface area contributed by atoms with Crippen LogP contribution in [0.15, 0.2) is 24.3 Å². The lowest BCUT2D eigenvalue weighted by atomic mass is 10.0. The first-order valence-corrected chi connectivity index (χ1v) is 9.03. The molecule has 1 saturated heterocycles. The highest BCUT2D eigenvalue weighted by Crippen LogP contribution is 2.48. The van der Waals surface area contributed by atoms with Crippen molar-refractivity contribution in [2.24, 2.45) is 5.41 Å². The van der Waals surface area contributed by atoms with E-state index in [1.807, 2.05) is 7.05 Å². The van der Waals surface area contributed by atoms with Crippen molar-refractivity contribution in [1.82, 2.24) is 9.80 Å². The molecule has 2 amide bonds. The molecule has 0 spiro atoms. The molecule has 0 atom stereocenters. The molecule has 1 saturated carbocycles. The van der Waals surface area contributed by atoms with Gasteiger partial charge in [0, 0.05) is 31.9 Å². The first-order valence-electron chi connectivity index (χ1n) is 9.03. The topological polar surface area (TPSA) is 78.9 Å². The van der Waals surface area contributed by atoms with Crippen molar-refractivity contribution in [2.45, 2.75) is 19.8 Å². The van der Waals surface area contributed by atoms with Gasteiger partial charge in [0.05, 0.1) is 12.2 Å². The Bertz CT molecular complexity index is 689. The third kappa shape index (κ3) is 3.72. The maximum Gasteiger partial charge on any atom is 0.338 e. The highest BCUT2D eigenvalue weighted by molar-refractivity contribution is 6.13. The summed E-state index contributed by atoms with van der Waals surface area (Å²) in [6, 6.07) is 6.52. The molecule has 3 rings (SSSR count). The van der Waals surface area contributed by atoms with Gasteiger partial charge in [-0.1, -0.05) is 0 Å². The zero-order valence-corrected chi connectivity index (χ0v) is 15.3. The highest BCUT2D eigenvalue weighted by Gasteiger charge is 2.58. The minimum absolute atomic E-state index is 0.0637. The molecule has 1 aliphatic heterocycles. The first kappa shape index (κ1) is 18.4. The molecule has 140 valence electrons. The maximum atomic E-state index is 12.8. The summed E-state index contributed by atoms with van der Waals surface area (Å²) in [7, 11) is 2.03. The van der Waals surface area contributed by atoms with Crippen LogP contribution in [-0.4, -0.2) is 67.4 Å². The summed E-state index contributed by atoms with van der Waals surface area (Å²) < 4.78 is 4.94. The van der Waals surface area contributed by atoms with Crippen LogP contribution in [0.2, 0.25) is 0 Å². The van der Waals surface area contributed by atoms with Crippen LogP contribution in [0.5, 0.6) is 0 Å². The van der Waals surface area contributed by atoms with E-state index in [1.54, 1.807) is 36.1 Å². The average molecular weight is 359 g/mol. The van der Waals surface area contributed by atoms with Gasteiger partial charge >= 0.3 is 5.97 Å². The number of hydrogen-bond acceptors (Lipinski definition) is 5. The Morgan fingerprint density at radius 1 is 1.08 bits per heavy atom. The van der Waals surface area contributed by atoms with Crippen molar-refractivity contribution >= 4 is 23.5 Å². The largest absolute Gasteiger partial charge is 0.462 e. The van der Waals surface area contributed by atoms with Gasteiger partial charge in [-0.05, 0) is 51.1 Å². The second kappa shape index (κ2) is 7.45. The Morgan fingerprint density at radius 2 is 1.69 bits per heavy atom. The molecule has 1 heterocycles. The van der Waals surface area contributed by atoms with E-state index in [1.165, 1.54) is 0 Å². The van der Waals surface area contributed by atoms with E-state index in [-0.39, 0.29) is 11.8 Å². The third-order valence-corrected chi connectivity index (χ3v) is 5.04. The minimum Gasteiger partial charge on any atom is -0.462 e. The number of piperazine rings is 1. The number of anilines is 1.